The van der Waals surface area contributed by atoms with Crippen LogP contribution in [0.25, 0.3) is 0 Å². The van der Waals surface area contributed by atoms with Crippen LogP contribution in [0.2, 0.25) is 0 Å². The number of aliphatic hydroxyl groups is 1. The van der Waals surface area contributed by atoms with E-state index in [2.05, 4.69) is 0 Å². The Labute approximate surface area is 178 Å². The lowest BCUT2D eigenvalue weighted by Crippen LogP contribution is -2.32. The molecular formula is C25H19F2NO3. The monoisotopic (exact) mass is 419 g/mol. The summed E-state index contributed by atoms with van der Waals surface area (Å²) >= 11 is 0. The number of nitrogens with zero attached hydrogens (tertiary/aromatic N) is 1. The van der Waals surface area contributed by atoms with Crippen LogP contribution in [0.1, 0.15) is 23.6 Å². The van der Waals surface area contributed by atoms with Crippen molar-refractivity contribution in [3.63, 3.8) is 0 Å². The molecule has 1 unspecified atom stereocenters. The molecule has 1 amide bonds. The van der Waals surface area contributed by atoms with Crippen molar-refractivity contribution in [1.29, 1.82) is 0 Å². The number of rotatable bonds is 6. The maximum absolute atomic E-state index is 14.6. The average molecular weight is 419 g/mol. The molecule has 4 nitrogen and oxygen atoms in total. The lowest BCUT2D eigenvalue weighted by molar-refractivity contribution is -0.118. The number of aryl methyl sites for hydroxylation is 1. The van der Waals surface area contributed by atoms with Gasteiger partial charge in [0.2, 0.25) is 0 Å². The molecule has 31 heavy (non-hydrogen) atoms. The van der Waals surface area contributed by atoms with Crippen molar-refractivity contribution in [2.24, 2.45) is 0 Å². The van der Waals surface area contributed by atoms with Gasteiger partial charge < -0.3 is 5.11 Å². The minimum Gasteiger partial charge on any atom is -0.503 e. The van der Waals surface area contributed by atoms with Crippen molar-refractivity contribution >= 4 is 17.4 Å². The SMILES string of the molecule is O=C(CCc1ccccc1)C1=C(O)C(=O)N(c2cc(F)ccc2F)C1c1ccccc1. The van der Waals surface area contributed by atoms with Crippen LogP contribution >= 0.6 is 0 Å². The highest BCUT2D eigenvalue weighted by atomic mass is 19.1. The molecular weight excluding hydrogens is 400 g/mol. The van der Waals surface area contributed by atoms with Gasteiger partial charge in [-0.15, -0.1) is 0 Å². The van der Waals surface area contributed by atoms with E-state index in [4.69, 9.17) is 0 Å². The second-order valence-corrected chi connectivity index (χ2v) is 7.26. The molecule has 0 fully saturated rings. The molecule has 0 radical (unpaired) electrons. The number of carbonyl (C=O) groups excluding carboxylic acids is 2. The predicted octanol–water partition coefficient (Wildman–Crippen LogP) is 5.07. The van der Waals surface area contributed by atoms with Gasteiger partial charge in [0.15, 0.2) is 11.5 Å². The molecule has 1 heterocycles. The first kappa shape index (κ1) is 20.5. The third-order valence-corrected chi connectivity index (χ3v) is 5.28. The van der Waals surface area contributed by atoms with E-state index < -0.39 is 35.1 Å². The molecule has 6 heteroatoms. The normalized spacial score (nSPS) is 16.1. The van der Waals surface area contributed by atoms with Gasteiger partial charge >= 0.3 is 0 Å². The Kier molecular flexibility index (Phi) is 5.62. The molecule has 3 aromatic carbocycles. The summed E-state index contributed by atoms with van der Waals surface area (Å²) < 4.78 is 28.4. The zero-order chi connectivity index (χ0) is 22.0. The molecule has 0 aliphatic carbocycles. The minimum atomic E-state index is -1.06. The highest BCUT2D eigenvalue weighted by Crippen LogP contribution is 2.42. The summed E-state index contributed by atoms with van der Waals surface area (Å²) in [5.74, 6) is -3.68. The second-order valence-electron chi connectivity index (χ2n) is 7.26. The standard InChI is InChI=1S/C25H19F2NO3/c26-18-12-13-19(27)20(15-18)28-23(17-9-5-2-6-10-17)22(24(30)25(28)31)21(29)14-11-16-7-3-1-4-8-16/h1-10,12-13,15,23,30H,11,14H2. The lowest BCUT2D eigenvalue weighted by atomic mass is 9.93. The third kappa shape index (κ3) is 3.97. The van der Waals surface area contributed by atoms with Crippen LogP contribution in [-0.2, 0) is 16.0 Å². The summed E-state index contributed by atoms with van der Waals surface area (Å²) in [5, 5.41) is 10.6. The Balaban J connectivity index is 1.75. The summed E-state index contributed by atoms with van der Waals surface area (Å²) in [4.78, 5) is 27.0. The number of aliphatic hydroxyl groups excluding tert-OH is 1. The zero-order valence-electron chi connectivity index (χ0n) is 16.5. The molecule has 1 atom stereocenters. The van der Waals surface area contributed by atoms with Crippen LogP contribution in [-0.4, -0.2) is 16.8 Å². The van der Waals surface area contributed by atoms with Crippen LogP contribution in [0, 0.1) is 11.6 Å². The van der Waals surface area contributed by atoms with Gasteiger partial charge in [-0.2, -0.15) is 0 Å². The largest absolute Gasteiger partial charge is 0.503 e. The van der Waals surface area contributed by atoms with E-state index in [1.165, 1.54) is 0 Å². The lowest BCUT2D eigenvalue weighted by Gasteiger charge is -2.27. The van der Waals surface area contributed by atoms with Crippen molar-refractivity contribution in [1.82, 2.24) is 0 Å². The van der Waals surface area contributed by atoms with E-state index in [1.54, 1.807) is 30.3 Å². The van der Waals surface area contributed by atoms with Crippen molar-refractivity contribution in [2.45, 2.75) is 18.9 Å². The second kappa shape index (κ2) is 8.52. The number of Topliss-reactive ketones (excluding diaryl/α,β-unsaturated/α-hetero) is 1. The summed E-state index contributed by atoms with van der Waals surface area (Å²) in [6, 6.07) is 19.5. The van der Waals surface area contributed by atoms with Crippen LogP contribution in [0.5, 0.6) is 0 Å². The van der Waals surface area contributed by atoms with Gasteiger partial charge in [0.1, 0.15) is 11.6 Å². The van der Waals surface area contributed by atoms with Gasteiger partial charge in [-0.05, 0) is 29.7 Å². The molecule has 1 aliphatic rings. The van der Waals surface area contributed by atoms with Crippen molar-refractivity contribution in [2.75, 3.05) is 4.90 Å². The van der Waals surface area contributed by atoms with E-state index in [9.17, 15) is 23.5 Å². The third-order valence-electron chi connectivity index (χ3n) is 5.28. The fraction of sp³-hybridized carbons (Fsp3) is 0.120. The first-order chi connectivity index (χ1) is 15.0. The molecule has 0 saturated heterocycles. The molecule has 0 saturated carbocycles. The highest BCUT2D eigenvalue weighted by Gasteiger charge is 2.45. The first-order valence-corrected chi connectivity index (χ1v) is 9.81. The molecule has 0 aromatic heterocycles. The summed E-state index contributed by atoms with van der Waals surface area (Å²) in [6.07, 6.45) is 0.472. The number of hydrogen-bond acceptors (Lipinski definition) is 3. The zero-order valence-corrected chi connectivity index (χ0v) is 16.5. The van der Waals surface area contributed by atoms with E-state index in [0.29, 0.717) is 12.0 Å². The highest BCUT2D eigenvalue weighted by molar-refractivity contribution is 6.16. The van der Waals surface area contributed by atoms with Gasteiger partial charge in [-0.3, -0.25) is 14.5 Å². The fourth-order valence-corrected chi connectivity index (χ4v) is 3.80. The van der Waals surface area contributed by atoms with Gasteiger partial charge in [-0.25, -0.2) is 8.78 Å². The Morgan fingerprint density at radius 1 is 0.935 bits per heavy atom. The number of ketones is 1. The average Bonchev–Trinajstić information content (AvgIpc) is 3.06. The van der Waals surface area contributed by atoms with Gasteiger partial charge in [0.25, 0.3) is 5.91 Å². The number of anilines is 1. The molecule has 0 bridgehead atoms. The van der Waals surface area contributed by atoms with Gasteiger partial charge in [-0.1, -0.05) is 60.7 Å². The van der Waals surface area contributed by atoms with E-state index in [-0.39, 0.29) is 17.7 Å². The summed E-state index contributed by atoms with van der Waals surface area (Å²) in [5.41, 5.74) is 0.989. The molecule has 1 aliphatic heterocycles. The maximum atomic E-state index is 14.6. The summed E-state index contributed by atoms with van der Waals surface area (Å²) in [6.45, 7) is 0. The molecule has 4 rings (SSSR count). The Morgan fingerprint density at radius 3 is 2.26 bits per heavy atom. The van der Waals surface area contributed by atoms with Crippen molar-refractivity contribution < 1.29 is 23.5 Å². The quantitative estimate of drug-likeness (QED) is 0.607. The van der Waals surface area contributed by atoms with Gasteiger partial charge in [0.05, 0.1) is 17.3 Å². The fourth-order valence-electron chi connectivity index (χ4n) is 3.80. The minimum absolute atomic E-state index is 0.0551. The van der Waals surface area contributed by atoms with Crippen LogP contribution in [0.3, 0.4) is 0 Å². The van der Waals surface area contributed by atoms with Crippen LogP contribution < -0.4 is 4.90 Å². The van der Waals surface area contributed by atoms with Crippen molar-refractivity contribution in [3.8, 4) is 0 Å². The predicted molar refractivity (Wildman–Crippen MR) is 112 cm³/mol. The van der Waals surface area contributed by atoms with Crippen LogP contribution in [0.4, 0.5) is 14.5 Å². The number of amides is 1. The number of benzene rings is 3. The number of hydrogen-bond donors (Lipinski definition) is 1. The molecule has 0 spiro atoms. The van der Waals surface area contributed by atoms with E-state index in [1.807, 2.05) is 30.3 Å². The first-order valence-electron chi connectivity index (χ1n) is 9.81. The molecule has 3 aromatic rings. The van der Waals surface area contributed by atoms with Crippen LogP contribution in [0.15, 0.2) is 90.2 Å². The van der Waals surface area contributed by atoms with Crippen molar-refractivity contribution in [3.05, 3.63) is 113 Å². The maximum Gasteiger partial charge on any atom is 0.294 e. The number of carbonyl (C=O) groups is 2. The molecule has 156 valence electrons. The van der Waals surface area contributed by atoms with Gasteiger partial charge in [0, 0.05) is 12.5 Å². The Morgan fingerprint density at radius 2 is 1.58 bits per heavy atom. The molecule has 1 N–H and O–H groups in total. The van der Waals surface area contributed by atoms with E-state index in [0.717, 1.165) is 28.7 Å². The summed E-state index contributed by atoms with van der Waals surface area (Å²) in [7, 11) is 0. The Bertz CT molecular complexity index is 1160. The van der Waals surface area contributed by atoms with E-state index >= 15 is 0 Å². The smallest absolute Gasteiger partial charge is 0.294 e. The Hall–Kier alpha value is -3.80. The topological polar surface area (TPSA) is 57.6 Å². The number of halogens is 2.